The minimum Gasteiger partial charge on any atom is -0.376 e. The van der Waals surface area contributed by atoms with Gasteiger partial charge in [-0.05, 0) is 60.3 Å². The summed E-state index contributed by atoms with van der Waals surface area (Å²) in [5.74, 6) is 0. The molecule has 0 spiro atoms. The highest BCUT2D eigenvalue weighted by Gasteiger charge is 2.43. The van der Waals surface area contributed by atoms with E-state index in [9.17, 15) is 0 Å². The van der Waals surface area contributed by atoms with Crippen molar-refractivity contribution in [3.8, 4) is 0 Å². The van der Waals surface area contributed by atoms with Gasteiger partial charge in [0, 0.05) is 12.0 Å². The van der Waals surface area contributed by atoms with Gasteiger partial charge in [0.25, 0.3) is 0 Å². The van der Waals surface area contributed by atoms with Crippen molar-refractivity contribution in [2.45, 2.75) is 105 Å². The average molecular weight is 346 g/mol. The molecule has 4 heteroatoms. The quantitative estimate of drug-likeness (QED) is 0.483. The first-order chi connectivity index (χ1) is 10.9. The van der Waals surface area contributed by atoms with Crippen LogP contribution in [0.2, 0.25) is 0 Å². The Bertz CT molecular complexity index is 351. The molecule has 0 amide bonds. The van der Waals surface area contributed by atoms with E-state index in [0.29, 0.717) is 19.8 Å². The molecule has 0 aromatic heterocycles. The van der Waals surface area contributed by atoms with Gasteiger partial charge in [-0.2, -0.15) is 0 Å². The summed E-state index contributed by atoms with van der Waals surface area (Å²) in [5.41, 5.74) is 5.31. The van der Waals surface area contributed by atoms with Gasteiger partial charge in [0.1, 0.15) is 5.72 Å². The Hall–Kier alpha value is -0.160. The van der Waals surface area contributed by atoms with Crippen LogP contribution in [-0.4, -0.2) is 36.7 Å². The van der Waals surface area contributed by atoms with E-state index >= 15 is 0 Å². The fourth-order valence-electron chi connectivity index (χ4n) is 2.53. The van der Waals surface area contributed by atoms with Gasteiger partial charge < -0.3 is 19.9 Å². The largest absolute Gasteiger partial charge is 0.376 e. The Morgan fingerprint density at radius 2 is 1.29 bits per heavy atom. The van der Waals surface area contributed by atoms with E-state index < -0.39 is 5.72 Å². The van der Waals surface area contributed by atoms with Crippen molar-refractivity contribution >= 4 is 0 Å². The zero-order valence-electron chi connectivity index (χ0n) is 17.8. The van der Waals surface area contributed by atoms with Crippen LogP contribution in [0.5, 0.6) is 0 Å². The van der Waals surface area contributed by atoms with Gasteiger partial charge in [-0.25, -0.2) is 0 Å². The smallest absolute Gasteiger partial charge is 0.121 e. The van der Waals surface area contributed by atoms with Crippen LogP contribution in [0, 0.1) is 5.41 Å². The highest BCUT2D eigenvalue weighted by molar-refractivity contribution is 4.90. The molecule has 146 valence electrons. The van der Waals surface area contributed by atoms with E-state index in [0.717, 1.165) is 25.7 Å². The third-order valence-electron chi connectivity index (χ3n) is 5.85. The second kappa shape index (κ2) is 9.51. The lowest BCUT2D eigenvalue weighted by atomic mass is 9.78. The molecule has 0 bridgehead atoms. The Morgan fingerprint density at radius 3 is 1.71 bits per heavy atom. The summed E-state index contributed by atoms with van der Waals surface area (Å²) < 4.78 is 18.1. The van der Waals surface area contributed by atoms with Crippen LogP contribution in [0.15, 0.2) is 0 Å². The van der Waals surface area contributed by atoms with Crippen molar-refractivity contribution in [1.29, 1.82) is 0 Å². The molecule has 0 aliphatic heterocycles. The number of rotatable bonds is 13. The van der Waals surface area contributed by atoms with Crippen molar-refractivity contribution in [3.05, 3.63) is 0 Å². The lowest BCUT2D eigenvalue weighted by molar-refractivity contribution is -0.173. The molecule has 0 aromatic carbocycles. The van der Waals surface area contributed by atoms with E-state index in [2.05, 4.69) is 48.5 Å². The van der Waals surface area contributed by atoms with Crippen LogP contribution in [0.1, 0.15) is 88.0 Å². The van der Waals surface area contributed by atoms with E-state index in [1.807, 2.05) is 13.8 Å². The maximum Gasteiger partial charge on any atom is 0.121 e. The second-order valence-corrected chi connectivity index (χ2v) is 8.26. The first kappa shape index (κ1) is 23.8. The number of hydrogen-bond donors (Lipinski definition) is 1. The summed E-state index contributed by atoms with van der Waals surface area (Å²) in [6.07, 6.45) is 3.70. The maximum absolute atomic E-state index is 6.58. The normalized spacial score (nSPS) is 18.2. The summed E-state index contributed by atoms with van der Waals surface area (Å²) in [6.45, 7) is 20.9. The molecule has 2 N–H and O–H groups in total. The summed E-state index contributed by atoms with van der Waals surface area (Å²) in [6, 6.07) is 0. The Morgan fingerprint density at radius 1 is 0.750 bits per heavy atom. The standard InChI is InChI=1S/C20H43NO3/c1-10-18(7,16-24-19(8,11-2)12-3)20(9,21)23-15-14-17(5,6)22-13-4/h10-16,21H2,1-9H3. The third kappa shape index (κ3) is 6.99. The summed E-state index contributed by atoms with van der Waals surface area (Å²) in [4.78, 5) is 0. The Labute approximate surface area is 150 Å². The fraction of sp³-hybridized carbons (Fsp3) is 1.00. The van der Waals surface area contributed by atoms with Crippen molar-refractivity contribution < 1.29 is 14.2 Å². The van der Waals surface area contributed by atoms with Crippen LogP contribution in [-0.2, 0) is 14.2 Å². The molecule has 0 aliphatic rings. The van der Waals surface area contributed by atoms with Gasteiger partial charge in [-0.1, -0.05) is 27.7 Å². The van der Waals surface area contributed by atoms with Crippen LogP contribution < -0.4 is 5.73 Å². The van der Waals surface area contributed by atoms with Crippen molar-refractivity contribution in [2.75, 3.05) is 19.8 Å². The molecule has 0 fully saturated rings. The molecular formula is C20H43NO3. The lowest BCUT2D eigenvalue weighted by Gasteiger charge is -2.45. The molecule has 4 nitrogen and oxygen atoms in total. The van der Waals surface area contributed by atoms with E-state index in [4.69, 9.17) is 19.9 Å². The summed E-state index contributed by atoms with van der Waals surface area (Å²) >= 11 is 0. The second-order valence-electron chi connectivity index (χ2n) is 8.26. The van der Waals surface area contributed by atoms with Crippen LogP contribution in [0.25, 0.3) is 0 Å². The van der Waals surface area contributed by atoms with E-state index in [1.165, 1.54) is 0 Å². The molecule has 0 saturated heterocycles. The van der Waals surface area contributed by atoms with Crippen LogP contribution in [0.4, 0.5) is 0 Å². The minimum absolute atomic E-state index is 0.0938. The van der Waals surface area contributed by atoms with E-state index in [1.54, 1.807) is 0 Å². The molecule has 0 saturated carbocycles. The molecule has 0 aromatic rings. The number of ether oxygens (including phenoxy) is 3. The first-order valence-corrected chi connectivity index (χ1v) is 9.61. The SMILES string of the molecule is CCOC(C)(C)CCOC(C)(N)C(C)(CC)COC(C)(CC)CC. The van der Waals surface area contributed by atoms with Gasteiger partial charge in [-0.3, -0.25) is 0 Å². The molecular weight excluding hydrogens is 302 g/mol. The van der Waals surface area contributed by atoms with Crippen LogP contribution >= 0.6 is 0 Å². The molecule has 0 rings (SSSR count). The van der Waals surface area contributed by atoms with Gasteiger partial charge >= 0.3 is 0 Å². The highest BCUT2D eigenvalue weighted by Crippen LogP contribution is 2.36. The first-order valence-electron chi connectivity index (χ1n) is 9.61. The van der Waals surface area contributed by atoms with E-state index in [-0.39, 0.29) is 16.6 Å². The monoisotopic (exact) mass is 345 g/mol. The number of nitrogens with two attached hydrogens (primary N) is 1. The Kier molecular flexibility index (Phi) is 9.45. The topological polar surface area (TPSA) is 53.7 Å². The molecule has 0 radical (unpaired) electrons. The molecule has 2 unspecified atom stereocenters. The summed E-state index contributed by atoms with van der Waals surface area (Å²) in [5, 5.41) is 0. The molecule has 24 heavy (non-hydrogen) atoms. The molecule has 2 atom stereocenters. The highest BCUT2D eigenvalue weighted by atomic mass is 16.5. The van der Waals surface area contributed by atoms with Gasteiger partial charge in [0.05, 0.1) is 24.4 Å². The van der Waals surface area contributed by atoms with Crippen molar-refractivity contribution in [2.24, 2.45) is 11.1 Å². The molecule has 0 heterocycles. The number of hydrogen-bond acceptors (Lipinski definition) is 4. The predicted octanol–water partition coefficient (Wildman–Crippen LogP) is 4.89. The summed E-state index contributed by atoms with van der Waals surface area (Å²) in [7, 11) is 0. The van der Waals surface area contributed by atoms with Gasteiger partial charge in [0.2, 0.25) is 0 Å². The zero-order chi connectivity index (χ0) is 19.1. The van der Waals surface area contributed by atoms with Gasteiger partial charge in [0.15, 0.2) is 0 Å². The molecule has 0 aliphatic carbocycles. The maximum atomic E-state index is 6.58. The average Bonchev–Trinajstić information content (AvgIpc) is 2.51. The van der Waals surface area contributed by atoms with Crippen molar-refractivity contribution in [1.82, 2.24) is 0 Å². The fourth-order valence-corrected chi connectivity index (χ4v) is 2.53. The Balaban J connectivity index is 4.80. The zero-order valence-corrected chi connectivity index (χ0v) is 17.8. The third-order valence-corrected chi connectivity index (χ3v) is 5.85. The minimum atomic E-state index is -0.744. The van der Waals surface area contributed by atoms with Crippen molar-refractivity contribution in [3.63, 3.8) is 0 Å². The lowest BCUT2D eigenvalue weighted by Crippen LogP contribution is -2.57. The van der Waals surface area contributed by atoms with Gasteiger partial charge in [-0.15, -0.1) is 0 Å². The van der Waals surface area contributed by atoms with Crippen LogP contribution in [0.3, 0.4) is 0 Å². The predicted molar refractivity (Wildman–Crippen MR) is 102 cm³/mol.